The molecule has 1 aliphatic heterocycles. The number of morpholine rings is 1. The van der Waals surface area contributed by atoms with Gasteiger partial charge < -0.3 is 19.0 Å². The number of likely N-dealkylation sites (N-methyl/N-ethyl adjacent to an activating group) is 1. The van der Waals surface area contributed by atoms with Gasteiger partial charge in [-0.15, -0.1) is 0 Å². The molecule has 1 saturated heterocycles. The number of nitrogens with one attached hydrogen (secondary N) is 1. The molecule has 168 valence electrons. The van der Waals surface area contributed by atoms with Gasteiger partial charge in [0.15, 0.2) is 5.69 Å². The number of aromatic nitrogens is 4. The van der Waals surface area contributed by atoms with E-state index in [-0.39, 0.29) is 11.8 Å². The third-order valence-electron chi connectivity index (χ3n) is 5.94. The maximum Gasteiger partial charge on any atom is 0.158 e. The van der Waals surface area contributed by atoms with Crippen LogP contribution in [0.15, 0.2) is 36.7 Å². The van der Waals surface area contributed by atoms with Crippen molar-refractivity contribution < 1.29 is 13.5 Å². The standard InChI is InChI=1S/C24H22F2N6O/c1-14-7-15(24-28-12-17(11-27)29-24)8-19(26)22(14)23-20(10-18-13-31(2)5-6-33-18)32-4-3-16(25)9-21(32)30-23/h3-4,7-9,12,18H,5-6,10,13H2,1-2H3,(H,28,29). The first-order valence-electron chi connectivity index (χ1n) is 10.7. The highest BCUT2D eigenvalue weighted by Crippen LogP contribution is 2.34. The van der Waals surface area contributed by atoms with E-state index < -0.39 is 11.6 Å². The van der Waals surface area contributed by atoms with Crippen molar-refractivity contribution in [3.63, 3.8) is 0 Å². The number of aromatic amines is 1. The van der Waals surface area contributed by atoms with Crippen LogP contribution in [-0.2, 0) is 11.2 Å². The van der Waals surface area contributed by atoms with Crippen LogP contribution in [0.4, 0.5) is 8.78 Å². The van der Waals surface area contributed by atoms with Crippen molar-refractivity contribution in [1.29, 1.82) is 5.26 Å². The number of pyridine rings is 1. The van der Waals surface area contributed by atoms with Gasteiger partial charge in [-0.05, 0) is 37.7 Å². The van der Waals surface area contributed by atoms with Crippen LogP contribution in [0.3, 0.4) is 0 Å². The Morgan fingerprint density at radius 2 is 2.12 bits per heavy atom. The minimum absolute atomic E-state index is 0.0809. The molecular weight excluding hydrogens is 426 g/mol. The Morgan fingerprint density at radius 1 is 1.27 bits per heavy atom. The number of nitriles is 1. The molecule has 0 aliphatic carbocycles. The van der Waals surface area contributed by atoms with Gasteiger partial charge in [0.25, 0.3) is 0 Å². The van der Waals surface area contributed by atoms with Gasteiger partial charge in [-0.1, -0.05) is 0 Å². The zero-order valence-electron chi connectivity index (χ0n) is 18.3. The van der Waals surface area contributed by atoms with Crippen molar-refractivity contribution in [1.82, 2.24) is 24.3 Å². The van der Waals surface area contributed by atoms with Crippen molar-refractivity contribution in [3.8, 4) is 28.7 Å². The van der Waals surface area contributed by atoms with E-state index in [1.807, 2.05) is 13.1 Å². The Hall–Kier alpha value is -3.61. The zero-order valence-corrected chi connectivity index (χ0v) is 18.3. The van der Waals surface area contributed by atoms with Crippen LogP contribution in [-0.4, -0.2) is 57.1 Å². The van der Waals surface area contributed by atoms with E-state index in [0.29, 0.717) is 46.9 Å². The Bertz CT molecular complexity index is 1360. The van der Waals surface area contributed by atoms with E-state index >= 15 is 4.39 Å². The summed E-state index contributed by atoms with van der Waals surface area (Å²) in [6.45, 7) is 4.03. The first kappa shape index (κ1) is 21.2. The van der Waals surface area contributed by atoms with Gasteiger partial charge in [0.05, 0.1) is 24.1 Å². The van der Waals surface area contributed by atoms with Crippen molar-refractivity contribution in [2.24, 2.45) is 0 Å². The molecular formula is C24H22F2N6O. The number of halogens is 2. The lowest BCUT2D eigenvalue weighted by atomic mass is 9.98. The summed E-state index contributed by atoms with van der Waals surface area (Å²) in [5.41, 5.74) is 3.43. The number of benzene rings is 1. The zero-order chi connectivity index (χ0) is 23.1. The van der Waals surface area contributed by atoms with Crippen LogP contribution in [0.2, 0.25) is 0 Å². The summed E-state index contributed by atoms with van der Waals surface area (Å²) >= 11 is 0. The molecule has 0 spiro atoms. The van der Waals surface area contributed by atoms with E-state index in [0.717, 1.165) is 18.8 Å². The molecule has 9 heteroatoms. The van der Waals surface area contributed by atoms with Crippen LogP contribution < -0.4 is 0 Å². The molecule has 0 saturated carbocycles. The van der Waals surface area contributed by atoms with E-state index in [2.05, 4.69) is 19.9 Å². The van der Waals surface area contributed by atoms with Gasteiger partial charge in [-0.2, -0.15) is 5.26 Å². The number of aryl methyl sites for hydroxylation is 1. The molecule has 1 N–H and O–H groups in total. The van der Waals surface area contributed by atoms with Crippen molar-refractivity contribution >= 4 is 5.65 Å². The first-order chi connectivity index (χ1) is 15.9. The monoisotopic (exact) mass is 448 g/mol. The fourth-order valence-electron chi connectivity index (χ4n) is 4.38. The fraction of sp³-hybridized carbons (Fsp3) is 0.292. The molecule has 5 rings (SSSR count). The molecule has 3 aromatic heterocycles. The van der Waals surface area contributed by atoms with Gasteiger partial charge >= 0.3 is 0 Å². The second-order valence-electron chi connectivity index (χ2n) is 8.34. The molecule has 1 aromatic carbocycles. The summed E-state index contributed by atoms with van der Waals surface area (Å²) in [5.74, 6) is -0.458. The quantitative estimate of drug-likeness (QED) is 0.515. The second-order valence-corrected chi connectivity index (χ2v) is 8.34. The average Bonchev–Trinajstić information content (AvgIpc) is 3.38. The van der Waals surface area contributed by atoms with E-state index in [1.165, 1.54) is 24.4 Å². The Balaban J connectivity index is 1.62. The van der Waals surface area contributed by atoms with Crippen LogP contribution in [0.25, 0.3) is 28.3 Å². The van der Waals surface area contributed by atoms with Gasteiger partial charge in [0, 0.05) is 49.1 Å². The number of nitrogens with zero attached hydrogens (tertiary/aromatic N) is 5. The van der Waals surface area contributed by atoms with Crippen molar-refractivity contribution in [2.45, 2.75) is 19.4 Å². The number of hydrogen-bond donors (Lipinski definition) is 1. The molecule has 7 nitrogen and oxygen atoms in total. The minimum Gasteiger partial charge on any atom is -0.375 e. The van der Waals surface area contributed by atoms with E-state index in [1.54, 1.807) is 23.6 Å². The Kier molecular flexibility index (Phi) is 5.40. The van der Waals surface area contributed by atoms with Crippen LogP contribution in [0.5, 0.6) is 0 Å². The molecule has 4 heterocycles. The molecule has 0 amide bonds. The molecule has 33 heavy (non-hydrogen) atoms. The number of H-pyrrole nitrogens is 1. The van der Waals surface area contributed by atoms with Crippen LogP contribution in [0.1, 0.15) is 17.0 Å². The van der Waals surface area contributed by atoms with E-state index in [9.17, 15) is 4.39 Å². The Morgan fingerprint density at radius 3 is 2.85 bits per heavy atom. The largest absolute Gasteiger partial charge is 0.375 e. The summed E-state index contributed by atoms with van der Waals surface area (Å²) < 4.78 is 37.2. The third-order valence-corrected chi connectivity index (χ3v) is 5.94. The van der Waals surface area contributed by atoms with Gasteiger partial charge in [-0.25, -0.2) is 18.7 Å². The molecule has 4 aromatic rings. The highest BCUT2D eigenvalue weighted by atomic mass is 19.1. The molecule has 0 radical (unpaired) electrons. The summed E-state index contributed by atoms with van der Waals surface area (Å²) in [4.78, 5) is 13.9. The predicted molar refractivity (Wildman–Crippen MR) is 119 cm³/mol. The Labute approximate surface area is 189 Å². The summed E-state index contributed by atoms with van der Waals surface area (Å²) in [7, 11) is 2.04. The molecule has 1 fully saturated rings. The topological polar surface area (TPSA) is 82.2 Å². The smallest absolute Gasteiger partial charge is 0.158 e. The second kappa shape index (κ2) is 8.39. The summed E-state index contributed by atoms with van der Waals surface area (Å²) in [5, 5.41) is 9.01. The summed E-state index contributed by atoms with van der Waals surface area (Å²) in [6.07, 6.45) is 3.53. The average molecular weight is 448 g/mol. The van der Waals surface area contributed by atoms with Gasteiger partial charge in [0.1, 0.15) is 29.2 Å². The SMILES string of the molecule is Cc1cc(-c2nc(C#N)c[nH]2)cc(F)c1-c1nc2cc(F)ccn2c1CC1CN(C)CCO1. The van der Waals surface area contributed by atoms with Crippen LogP contribution >= 0.6 is 0 Å². The van der Waals surface area contributed by atoms with Gasteiger partial charge in [0.2, 0.25) is 0 Å². The number of hydrogen-bond acceptors (Lipinski definition) is 5. The number of ether oxygens (including phenoxy) is 1. The number of fused-ring (bicyclic) bond motifs is 1. The van der Waals surface area contributed by atoms with E-state index in [4.69, 9.17) is 10.00 Å². The lowest BCUT2D eigenvalue weighted by Crippen LogP contribution is -2.41. The van der Waals surface area contributed by atoms with Gasteiger partial charge in [-0.3, -0.25) is 0 Å². The minimum atomic E-state index is -0.466. The molecule has 1 aliphatic rings. The van der Waals surface area contributed by atoms with Crippen LogP contribution in [0, 0.1) is 29.9 Å². The molecule has 1 atom stereocenters. The molecule has 1 unspecified atom stereocenters. The first-order valence-corrected chi connectivity index (χ1v) is 10.7. The maximum absolute atomic E-state index is 15.5. The summed E-state index contributed by atoms with van der Waals surface area (Å²) in [6, 6.07) is 7.85. The normalized spacial score (nSPS) is 16.9. The fourth-order valence-corrected chi connectivity index (χ4v) is 4.38. The lowest BCUT2D eigenvalue weighted by molar-refractivity contribution is -0.0190. The molecule has 0 bridgehead atoms. The lowest BCUT2D eigenvalue weighted by Gasteiger charge is -2.30. The predicted octanol–water partition coefficient (Wildman–Crippen LogP) is 3.72. The highest BCUT2D eigenvalue weighted by molar-refractivity contribution is 5.74. The van der Waals surface area contributed by atoms with Crippen molar-refractivity contribution in [2.75, 3.05) is 26.7 Å². The maximum atomic E-state index is 15.5. The number of rotatable bonds is 4. The number of imidazole rings is 2. The van der Waals surface area contributed by atoms with Crippen molar-refractivity contribution in [3.05, 3.63) is 65.2 Å². The third kappa shape index (κ3) is 3.99. The highest BCUT2D eigenvalue weighted by Gasteiger charge is 2.25.